The average Bonchev–Trinajstić information content (AvgIpc) is 3.57. The van der Waals surface area contributed by atoms with Crippen LogP contribution in [-0.2, 0) is 32.9 Å². The molecule has 3 atom stereocenters. The number of fused-ring (bicyclic) bond motifs is 3. The maximum absolute atomic E-state index is 6.76. The Labute approximate surface area is 331 Å². The van der Waals surface area contributed by atoms with Gasteiger partial charge in [-0.05, 0) is 90.6 Å². The van der Waals surface area contributed by atoms with E-state index in [-0.39, 0.29) is 26.5 Å². The summed E-state index contributed by atoms with van der Waals surface area (Å²) in [6, 6.07) is 28.7. The van der Waals surface area contributed by atoms with E-state index in [1.807, 2.05) is 12.3 Å². The van der Waals surface area contributed by atoms with E-state index in [0.717, 1.165) is 45.4 Å². The summed E-state index contributed by atoms with van der Waals surface area (Å²) in [4.78, 5) is 4.83. The zero-order chi connectivity index (χ0) is 37.1. The van der Waals surface area contributed by atoms with Crippen LogP contribution in [0.4, 0.5) is 0 Å². The number of pyridine rings is 1. The van der Waals surface area contributed by atoms with E-state index in [9.17, 15) is 0 Å². The van der Waals surface area contributed by atoms with Crippen molar-refractivity contribution in [3.05, 3.63) is 119 Å². The fourth-order valence-electron chi connectivity index (χ4n) is 8.41. The Morgan fingerprint density at radius 1 is 0.906 bits per heavy atom. The van der Waals surface area contributed by atoms with Crippen molar-refractivity contribution in [1.82, 2.24) is 19.3 Å². The molecule has 0 aliphatic heterocycles. The van der Waals surface area contributed by atoms with Gasteiger partial charge < -0.3 is 9.30 Å². The molecular formula is C47H54N4OPt. The second-order valence-corrected chi connectivity index (χ2v) is 17.0. The fraction of sp³-hybridized carbons (Fsp3) is 0.404. The number of hydrogen-bond acceptors (Lipinski definition) is 3. The number of ether oxygens (including phenoxy) is 1. The van der Waals surface area contributed by atoms with Gasteiger partial charge in [0.15, 0.2) is 0 Å². The molecule has 1 aliphatic carbocycles. The minimum atomic E-state index is -0.119. The van der Waals surface area contributed by atoms with E-state index in [1.165, 1.54) is 34.4 Å². The zero-order valence-corrected chi connectivity index (χ0v) is 35.5. The molecule has 1 unspecified atom stereocenters. The van der Waals surface area contributed by atoms with Crippen molar-refractivity contribution in [2.24, 2.45) is 17.8 Å². The van der Waals surface area contributed by atoms with Gasteiger partial charge in [0.25, 0.3) is 0 Å². The molecule has 6 heteroatoms. The van der Waals surface area contributed by atoms with E-state index < -0.39 is 0 Å². The van der Waals surface area contributed by atoms with Crippen LogP contribution < -0.4 is 4.74 Å². The molecule has 6 aromatic rings. The van der Waals surface area contributed by atoms with Crippen LogP contribution in [0.25, 0.3) is 33.3 Å². The number of aryl methyl sites for hydroxylation is 1. The van der Waals surface area contributed by atoms with Crippen molar-refractivity contribution in [1.29, 1.82) is 0 Å². The van der Waals surface area contributed by atoms with E-state index in [1.54, 1.807) is 0 Å². The molecular weight excluding hydrogens is 832 g/mol. The average molecular weight is 886 g/mol. The van der Waals surface area contributed by atoms with E-state index >= 15 is 0 Å². The van der Waals surface area contributed by atoms with Crippen molar-refractivity contribution in [3.8, 4) is 23.0 Å². The Morgan fingerprint density at radius 2 is 1.66 bits per heavy atom. The summed E-state index contributed by atoms with van der Waals surface area (Å²) in [5.74, 6) is 4.55. The van der Waals surface area contributed by atoms with Crippen LogP contribution >= 0.6 is 0 Å². The summed E-state index contributed by atoms with van der Waals surface area (Å²) in [5, 5.41) is 7.56. The number of hydrogen-bond donors (Lipinski definition) is 0. The summed E-state index contributed by atoms with van der Waals surface area (Å²) >= 11 is 0. The van der Waals surface area contributed by atoms with E-state index in [4.69, 9.17) is 14.8 Å². The first kappa shape index (κ1) is 38.8. The molecule has 53 heavy (non-hydrogen) atoms. The Bertz CT molecular complexity index is 2300. The first-order valence-corrected chi connectivity index (χ1v) is 19.1. The SMILES string of the molecule is CC1=C[C@H](C)C[C@H](C)C1c1c(C)nn(-c2[c-]c(Oc3[c-]c4c(cc3)c3ccccc3n4-c3cc(C(C)C)ccn3)cc(C(C)(C)C)c2)c1CC(C)C.[Pt+2]. The number of benzene rings is 3. The summed E-state index contributed by atoms with van der Waals surface area (Å²) in [6.45, 7) is 25.0. The second-order valence-electron chi connectivity index (χ2n) is 17.0. The molecule has 3 aromatic carbocycles. The van der Waals surface area contributed by atoms with Gasteiger partial charge in [-0.1, -0.05) is 97.7 Å². The third kappa shape index (κ3) is 7.57. The van der Waals surface area contributed by atoms with E-state index in [2.05, 4.69) is 158 Å². The van der Waals surface area contributed by atoms with Gasteiger partial charge in [-0.3, -0.25) is 4.68 Å². The van der Waals surface area contributed by atoms with Gasteiger partial charge in [0, 0.05) is 40.4 Å². The van der Waals surface area contributed by atoms with Gasteiger partial charge in [-0.15, -0.1) is 41.3 Å². The molecule has 0 saturated heterocycles. The molecule has 0 N–H and O–H groups in total. The number of rotatable bonds is 8. The summed E-state index contributed by atoms with van der Waals surface area (Å²) in [5.41, 5.74) is 10.5. The Hall–Kier alpha value is -3.95. The van der Waals surface area contributed by atoms with Gasteiger partial charge in [0.2, 0.25) is 0 Å². The van der Waals surface area contributed by atoms with Crippen molar-refractivity contribution < 1.29 is 25.8 Å². The smallest absolute Gasteiger partial charge is 0.509 e. The van der Waals surface area contributed by atoms with Crippen molar-refractivity contribution >= 4 is 21.8 Å². The van der Waals surface area contributed by atoms with Crippen LogP contribution in [-0.4, -0.2) is 19.3 Å². The third-order valence-electron chi connectivity index (χ3n) is 10.8. The largest absolute Gasteiger partial charge is 2.00 e. The molecule has 3 heterocycles. The first-order chi connectivity index (χ1) is 24.7. The molecule has 0 radical (unpaired) electrons. The molecule has 278 valence electrons. The molecule has 0 bridgehead atoms. The molecule has 3 aromatic heterocycles. The van der Waals surface area contributed by atoms with Crippen LogP contribution in [0.1, 0.15) is 116 Å². The predicted molar refractivity (Wildman–Crippen MR) is 215 cm³/mol. The summed E-state index contributed by atoms with van der Waals surface area (Å²) in [6.07, 6.45) is 6.51. The zero-order valence-electron chi connectivity index (χ0n) is 33.2. The molecule has 5 nitrogen and oxygen atoms in total. The van der Waals surface area contributed by atoms with Crippen LogP contribution in [0.3, 0.4) is 0 Å². The molecule has 0 saturated carbocycles. The minimum Gasteiger partial charge on any atom is -0.509 e. The van der Waals surface area contributed by atoms with Crippen molar-refractivity contribution in [2.75, 3.05) is 0 Å². The van der Waals surface area contributed by atoms with Crippen LogP contribution in [0, 0.1) is 36.8 Å². The maximum Gasteiger partial charge on any atom is 2.00 e. The topological polar surface area (TPSA) is 44.9 Å². The minimum absolute atomic E-state index is 0. The molecule has 7 rings (SSSR count). The standard InChI is InChI=1S/C47H54N4O.Pt/c1-28(2)20-43-46(45-31(6)21-30(5)22-32(45)7)33(8)49-51(43)36-24-35(47(9,10)11)25-38(26-36)52-37-16-17-40-39-14-12-13-15-41(39)50(42(40)27-37)44-23-34(29(3)4)18-19-48-44;/h12-19,21,23-25,28-30,32,45H,20,22H2,1-11H3;/q-2;+2/t30-,32-,45?;/m0./s1. The predicted octanol–water partition coefficient (Wildman–Crippen LogP) is 12.4. The molecule has 1 aliphatic rings. The molecule has 0 fully saturated rings. The van der Waals surface area contributed by atoms with Gasteiger partial charge in [-0.2, -0.15) is 11.2 Å². The van der Waals surface area contributed by atoms with Crippen molar-refractivity contribution in [2.45, 2.75) is 106 Å². The quantitative estimate of drug-likeness (QED) is 0.113. The second kappa shape index (κ2) is 15.1. The number of aromatic nitrogens is 4. The summed E-state index contributed by atoms with van der Waals surface area (Å²) < 4.78 is 11.1. The summed E-state index contributed by atoms with van der Waals surface area (Å²) in [7, 11) is 0. The van der Waals surface area contributed by atoms with Gasteiger partial charge in [0.05, 0.1) is 5.69 Å². The van der Waals surface area contributed by atoms with Gasteiger partial charge in [0.1, 0.15) is 5.82 Å². The fourth-order valence-corrected chi connectivity index (χ4v) is 8.41. The maximum atomic E-state index is 6.76. The normalized spacial score (nSPS) is 17.8. The Kier molecular flexibility index (Phi) is 11.0. The van der Waals surface area contributed by atoms with Gasteiger partial charge >= 0.3 is 21.1 Å². The molecule has 0 spiro atoms. The van der Waals surface area contributed by atoms with Crippen LogP contribution in [0.2, 0.25) is 0 Å². The van der Waals surface area contributed by atoms with Crippen molar-refractivity contribution in [3.63, 3.8) is 0 Å². The number of para-hydroxylation sites is 1. The third-order valence-corrected chi connectivity index (χ3v) is 10.8. The van der Waals surface area contributed by atoms with E-state index in [0.29, 0.717) is 41.1 Å². The first-order valence-electron chi connectivity index (χ1n) is 19.1. The van der Waals surface area contributed by atoms with Gasteiger partial charge in [-0.25, -0.2) is 4.98 Å². The Balaban J connectivity index is 0.00000481. The number of allylic oxidation sites excluding steroid dienone is 2. The Morgan fingerprint density at radius 3 is 2.36 bits per heavy atom. The monoisotopic (exact) mass is 885 g/mol. The van der Waals surface area contributed by atoms with Crippen LogP contribution in [0.5, 0.6) is 11.5 Å². The van der Waals surface area contributed by atoms with Crippen LogP contribution in [0.15, 0.2) is 78.5 Å². The molecule has 0 amide bonds. The number of nitrogens with zero attached hydrogens (tertiary/aromatic N) is 4.